The molecule has 0 radical (unpaired) electrons. The van der Waals surface area contributed by atoms with Crippen molar-refractivity contribution in [2.24, 2.45) is 0 Å². The Morgan fingerprint density at radius 2 is 1.62 bits per heavy atom. The molecule has 0 bridgehead atoms. The highest BCUT2D eigenvalue weighted by molar-refractivity contribution is 7.10. The third kappa shape index (κ3) is 5.18. The first-order valence-corrected chi connectivity index (χ1v) is 9.31. The molecule has 3 rings (SSSR count). The van der Waals surface area contributed by atoms with E-state index in [9.17, 15) is 9.90 Å². The fourth-order valence-electron chi connectivity index (χ4n) is 2.60. The zero-order valence-electron chi connectivity index (χ0n) is 14.3. The van der Waals surface area contributed by atoms with Crippen molar-refractivity contribution in [2.75, 3.05) is 6.54 Å². The number of carbonyl (C=O) groups is 1. The quantitative estimate of drug-likeness (QED) is 0.663. The molecule has 1 N–H and O–H groups in total. The summed E-state index contributed by atoms with van der Waals surface area (Å²) in [7, 11) is 0. The van der Waals surface area contributed by atoms with Gasteiger partial charge in [0.1, 0.15) is 12.7 Å². The Morgan fingerprint density at radius 3 is 2.23 bits per heavy atom. The summed E-state index contributed by atoms with van der Waals surface area (Å²) >= 11 is 1.47. The maximum Gasteiger partial charge on any atom is 0.410 e. The van der Waals surface area contributed by atoms with Crippen molar-refractivity contribution in [3.8, 4) is 0 Å². The molecule has 4 nitrogen and oxygen atoms in total. The van der Waals surface area contributed by atoms with Crippen molar-refractivity contribution in [1.29, 1.82) is 0 Å². The summed E-state index contributed by atoms with van der Waals surface area (Å²) in [5.74, 6) is 0. The molecule has 5 heteroatoms. The van der Waals surface area contributed by atoms with E-state index < -0.39 is 12.2 Å². The summed E-state index contributed by atoms with van der Waals surface area (Å²) in [6.07, 6.45) is -1.17. The third-order valence-corrected chi connectivity index (χ3v) is 4.92. The molecule has 1 atom stereocenters. The molecule has 1 unspecified atom stereocenters. The normalized spacial score (nSPS) is 11.7. The summed E-state index contributed by atoms with van der Waals surface area (Å²) in [5, 5.41) is 12.4. The van der Waals surface area contributed by atoms with E-state index in [-0.39, 0.29) is 13.2 Å². The van der Waals surface area contributed by atoms with Gasteiger partial charge in [-0.3, -0.25) is 0 Å². The Morgan fingerprint density at radius 1 is 0.962 bits per heavy atom. The van der Waals surface area contributed by atoms with Gasteiger partial charge in [0, 0.05) is 11.4 Å². The number of aliphatic hydroxyl groups is 1. The van der Waals surface area contributed by atoms with Crippen LogP contribution in [0.5, 0.6) is 0 Å². The van der Waals surface area contributed by atoms with E-state index in [0.29, 0.717) is 6.54 Å². The summed E-state index contributed by atoms with van der Waals surface area (Å²) in [6.45, 7) is 0.778. The van der Waals surface area contributed by atoms with Crippen LogP contribution in [0.2, 0.25) is 0 Å². The van der Waals surface area contributed by atoms with E-state index in [1.54, 1.807) is 4.90 Å². The maximum absolute atomic E-state index is 12.6. The van der Waals surface area contributed by atoms with Crippen LogP contribution in [0.25, 0.3) is 0 Å². The van der Waals surface area contributed by atoms with Crippen molar-refractivity contribution in [2.45, 2.75) is 19.3 Å². The lowest BCUT2D eigenvalue weighted by atomic mass is 10.2. The van der Waals surface area contributed by atoms with Gasteiger partial charge in [0.15, 0.2) is 0 Å². The molecule has 1 amide bonds. The van der Waals surface area contributed by atoms with Gasteiger partial charge in [-0.1, -0.05) is 66.7 Å². The van der Waals surface area contributed by atoms with Gasteiger partial charge in [-0.25, -0.2) is 4.79 Å². The lowest BCUT2D eigenvalue weighted by Gasteiger charge is -2.24. The van der Waals surface area contributed by atoms with Crippen molar-refractivity contribution in [1.82, 2.24) is 4.90 Å². The fourth-order valence-corrected chi connectivity index (χ4v) is 3.30. The smallest absolute Gasteiger partial charge is 0.410 e. The summed E-state index contributed by atoms with van der Waals surface area (Å²) in [5.41, 5.74) is 1.92. The molecule has 0 saturated heterocycles. The maximum atomic E-state index is 12.6. The molecule has 26 heavy (non-hydrogen) atoms. The minimum atomic E-state index is -0.733. The fraction of sp³-hybridized carbons (Fsp3) is 0.190. The molecule has 0 fully saturated rings. The van der Waals surface area contributed by atoms with Gasteiger partial charge in [-0.2, -0.15) is 0 Å². The summed E-state index contributed by atoms with van der Waals surface area (Å²) in [6, 6.07) is 23.0. The van der Waals surface area contributed by atoms with Crippen LogP contribution in [-0.2, 0) is 17.9 Å². The first kappa shape index (κ1) is 18.2. The summed E-state index contributed by atoms with van der Waals surface area (Å²) < 4.78 is 5.46. The van der Waals surface area contributed by atoms with Gasteiger partial charge >= 0.3 is 6.09 Å². The molecule has 3 aromatic rings. The number of hydrogen-bond donors (Lipinski definition) is 1. The first-order chi connectivity index (χ1) is 12.7. The second kappa shape index (κ2) is 9.17. The molecule has 0 spiro atoms. The SMILES string of the molecule is O=C(OCc1ccccc1)N(Cc1ccccc1)CC(O)c1cccs1. The molecular weight excluding hydrogens is 346 g/mol. The second-order valence-corrected chi connectivity index (χ2v) is 6.92. The van der Waals surface area contributed by atoms with E-state index in [4.69, 9.17) is 4.74 Å². The van der Waals surface area contributed by atoms with E-state index in [1.807, 2.05) is 78.2 Å². The molecule has 2 aromatic carbocycles. The van der Waals surface area contributed by atoms with E-state index in [1.165, 1.54) is 11.3 Å². The predicted octanol–water partition coefficient (Wildman–Crippen LogP) is 4.62. The lowest BCUT2D eigenvalue weighted by molar-refractivity contribution is 0.0666. The Kier molecular flexibility index (Phi) is 6.41. The minimum Gasteiger partial charge on any atom is -0.445 e. The standard InChI is InChI=1S/C21H21NO3S/c23-19(20-12-7-13-26-20)15-22(14-17-8-3-1-4-9-17)21(24)25-16-18-10-5-2-6-11-18/h1-13,19,23H,14-16H2. The Hall–Kier alpha value is -2.63. The van der Waals surface area contributed by atoms with Crippen LogP contribution in [0.3, 0.4) is 0 Å². The van der Waals surface area contributed by atoms with Crippen molar-refractivity contribution in [3.05, 3.63) is 94.2 Å². The molecule has 1 heterocycles. The molecule has 0 aliphatic rings. The highest BCUT2D eigenvalue weighted by Crippen LogP contribution is 2.21. The highest BCUT2D eigenvalue weighted by Gasteiger charge is 2.21. The van der Waals surface area contributed by atoms with Gasteiger partial charge in [0.25, 0.3) is 0 Å². The van der Waals surface area contributed by atoms with Gasteiger partial charge in [-0.05, 0) is 22.6 Å². The van der Waals surface area contributed by atoms with Crippen LogP contribution in [0, 0.1) is 0 Å². The van der Waals surface area contributed by atoms with Crippen LogP contribution in [-0.4, -0.2) is 22.6 Å². The predicted molar refractivity (Wildman–Crippen MR) is 103 cm³/mol. The molecular formula is C21H21NO3S. The second-order valence-electron chi connectivity index (χ2n) is 5.94. The Balaban J connectivity index is 1.67. The van der Waals surface area contributed by atoms with E-state index in [2.05, 4.69) is 0 Å². The molecule has 134 valence electrons. The summed E-state index contributed by atoms with van der Waals surface area (Å²) in [4.78, 5) is 15.0. The van der Waals surface area contributed by atoms with Gasteiger partial charge in [0.2, 0.25) is 0 Å². The number of ether oxygens (including phenoxy) is 1. The lowest BCUT2D eigenvalue weighted by Crippen LogP contribution is -2.34. The number of rotatable bonds is 7. The number of benzene rings is 2. The number of nitrogens with zero attached hydrogens (tertiary/aromatic N) is 1. The van der Waals surface area contributed by atoms with Crippen LogP contribution in [0.4, 0.5) is 4.79 Å². The van der Waals surface area contributed by atoms with Gasteiger partial charge in [-0.15, -0.1) is 11.3 Å². The van der Waals surface area contributed by atoms with Crippen molar-refractivity contribution in [3.63, 3.8) is 0 Å². The van der Waals surface area contributed by atoms with Gasteiger partial charge in [0.05, 0.1) is 6.54 Å². The molecule has 0 saturated carbocycles. The average Bonchev–Trinajstić information content (AvgIpc) is 3.22. The van der Waals surface area contributed by atoms with Crippen molar-refractivity contribution < 1.29 is 14.6 Å². The molecule has 0 aliphatic heterocycles. The third-order valence-electron chi connectivity index (χ3n) is 3.94. The van der Waals surface area contributed by atoms with Crippen LogP contribution >= 0.6 is 11.3 Å². The Labute approximate surface area is 157 Å². The van der Waals surface area contributed by atoms with Crippen LogP contribution < -0.4 is 0 Å². The number of amides is 1. The zero-order chi connectivity index (χ0) is 18.2. The largest absolute Gasteiger partial charge is 0.445 e. The topological polar surface area (TPSA) is 49.8 Å². The highest BCUT2D eigenvalue weighted by atomic mass is 32.1. The number of hydrogen-bond acceptors (Lipinski definition) is 4. The number of thiophene rings is 1. The number of carbonyl (C=O) groups excluding carboxylic acids is 1. The number of aliphatic hydroxyl groups excluding tert-OH is 1. The van der Waals surface area contributed by atoms with Crippen molar-refractivity contribution >= 4 is 17.4 Å². The van der Waals surface area contributed by atoms with Gasteiger partial charge < -0.3 is 14.7 Å². The monoisotopic (exact) mass is 367 g/mol. The molecule has 1 aromatic heterocycles. The zero-order valence-corrected chi connectivity index (χ0v) is 15.1. The average molecular weight is 367 g/mol. The minimum absolute atomic E-state index is 0.184. The first-order valence-electron chi connectivity index (χ1n) is 8.43. The Bertz CT molecular complexity index is 791. The van der Waals surface area contributed by atoms with Crippen LogP contribution in [0.1, 0.15) is 22.1 Å². The van der Waals surface area contributed by atoms with E-state index >= 15 is 0 Å². The van der Waals surface area contributed by atoms with Crippen LogP contribution in [0.15, 0.2) is 78.2 Å². The molecule has 0 aliphatic carbocycles. The van der Waals surface area contributed by atoms with E-state index in [0.717, 1.165) is 16.0 Å².